The highest BCUT2D eigenvalue weighted by Crippen LogP contribution is 2.22. The molecule has 3 N–H and O–H groups in total. The lowest BCUT2D eigenvalue weighted by Gasteiger charge is -2.04. The molecule has 4 nitrogen and oxygen atoms in total. The summed E-state index contributed by atoms with van der Waals surface area (Å²) in [6, 6.07) is 7.68. The molecule has 0 unspecified atom stereocenters. The molecule has 0 spiro atoms. The molecule has 2 rings (SSSR count). The fourth-order valence-corrected chi connectivity index (χ4v) is 1.70. The maximum Gasteiger partial charge on any atom is 0.250 e. The van der Waals surface area contributed by atoms with Crippen LogP contribution in [0.2, 0.25) is 5.02 Å². The maximum absolute atomic E-state index is 11.2. The van der Waals surface area contributed by atoms with Gasteiger partial charge in [0.05, 0.1) is 10.6 Å². The number of aromatic nitrogens is 1. The first-order valence-corrected chi connectivity index (χ1v) is 5.24. The van der Waals surface area contributed by atoms with E-state index in [4.69, 9.17) is 17.3 Å². The van der Waals surface area contributed by atoms with Crippen LogP contribution in [0.3, 0.4) is 0 Å². The normalized spacial score (nSPS) is 10.2. The van der Waals surface area contributed by atoms with E-state index in [1.807, 2.05) is 0 Å². The van der Waals surface area contributed by atoms with Gasteiger partial charge in [0, 0.05) is 24.0 Å². The van der Waals surface area contributed by atoms with Crippen molar-refractivity contribution < 1.29 is 4.79 Å². The Morgan fingerprint density at radius 3 is 2.65 bits per heavy atom. The molecule has 86 valence electrons. The van der Waals surface area contributed by atoms with Gasteiger partial charge in [0.1, 0.15) is 0 Å². The largest absolute Gasteiger partial charge is 0.366 e. The molecule has 0 radical (unpaired) electrons. The lowest BCUT2D eigenvalue weighted by Crippen LogP contribution is -2.11. The fourth-order valence-electron chi connectivity index (χ4n) is 1.49. The Morgan fingerprint density at radius 2 is 2.00 bits per heavy atom. The van der Waals surface area contributed by atoms with Gasteiger partial charge in [-0.1, -0.05) is 17.7 Å². The van der Waals surface area contributed by atoms with Crippen molar-refractivity contribution in [3.05, 3.63) is 57.3 Å². The van der Waals surface area contributed by atoms with Gasteiger partial charge in [0.2, 0.25) is 5.91 Å². The zero-order valence-electron chi connectivity index (χ0n) is 8.74. The number of hydrogen-bond donors (Lipinski definition) is 2. The van der Waals surface area contributed by atoms with Gasteiger partial charge in [0.25, 0.3) is 0 Å². The first kappa shape index (κ1) is 11.4. The minimum Gasteiger partial charge on any atom is -0.366 e. The predicted octanol–water partition coefficient (Wildman–Crippen LogP) is 1.79. The molecule has 17 heavy (non-hydrogen) atoms. The van der Waals surface area contributed by atoms with Crippen LogP contribution in [0.15, 0.2) is 41.3 Å². The van der Waals surface area contributed by atoms with Crippen LogP contribution in [0.5, 0.6) is 0 Å². The average Bonchev–Trinajstić information content (AvgIpc) is 2.29. The van der Waals surface area contributed by atoms with Gasteiger partial charge in [-0.15, -0.1) is 0 Å². The molecule has 0 saturated heterocycles. The first-order chi connectivity index (χ1) is 8.08. The van der Waals surface area contributed by atoms with Crippen molar-refractivity contribution in [3.8, 4) is 11.3 Å². The number of pyridine rings is 1. The van der Waals surface area contributed by atoms with Crippen LogP contribution in [0.4, 0.5) is 0 Å². The van der Waals surface area contributed by atoms with Crippen molar-refractivity contribution >= 4 is 17.5 Å². The van der Waals surface area contributed by atoms with Gasteiger partial charge >= 0.3 is 0 Å². The number of H-pyrrole nitrogens is 1. The summed E-state index contributed by atoms with van der Waals surface area (Å²) in [5.41, 5.74) is 6.60. The van der Waals surface area contributed by atoms with Crippen LogP contribution in [-0.4, -0.2) is 10.9 Å². The topological polar surface area (TPSA) is 76.0 Å². The molecule has 1 aromatic heterocycles. The second-order valence-corrected chi connectivity index (χ2v) is 3.90. The summed E-state index contributed by atoms with van der Waals surface area (Å²) in [6.07, 6.45) is 1.54. The van der Waals surface area contributed by atoms with E-state index < -0.39 is 5.91 Å². The molecule has 2 aromatic rings. The summed E-state index contributed by atoms with van der Waals surface area (Å²) in [7, 11) is 0. The van der Waals surface area contributed by atoms with Crippen LogP contribution in [0, 0.1) is 0 Å². The van der Waals surface area contributed by atoms with Gasteiger partial charge in [0.15, 0.2) is 5.43 Å². The van der Waals surface area contributed by atoms with Crippen molar-refractivity contribution in [1.82, 2.24) is 4.98 Å². The third-order valence-corrected chi connectivity index (χ3v) is 2.65. The third-order valence-electron chi connectivity index (χ3n) is 2.32. The number of nitrogens with one attached hydrogen (secondary N) is 1. The average molecular weight is 249 g/mol. The molecular weight excluding hydrogens is 240 g/mol. The smallest absolute Gasteiger partial charge is 0.250 e. The molecule has 0 aliphatic rings. The van der Waals surface area contributed by atoms with Crippen molar-refractivity contribution in [3.63, 3.8) is 0 Å². The number of primary amides is 1. The van der Waals surface area contributed by atoms with Crippen molar-refractivity contribution in [2.75, 3.05) is 0 Å². The lowest BCUT2D eigenvalue weighted by molar-refractivity contribution is 0.100. The highest BCUT2D eigenvalue weighted by molar-refractivity contribution is 6.33. The van der Waals surface area contributed by atoms with Gasteiger partial charge in [-0.05, 0) is 17.7 Å². The Hall–Kier alpha value is -2.07. The zero-order chi connectivity index (χ0) is 12.4. The Kier molecular flexibility index (Phi) is 2.97. The molecule has 0 aliphatic carbocycles. The lowest BCUT2D eigenvalue weighted by atomic mass is 10.1. The molecule has 5 heteroatoms. The fraction of sp³-hybridized carbons (Fsp3) is 0. The van der Waals surface area contributed by atoms with Gasteiger partial charge in [-0.2, -0.15) is 0 Å². The molecule has 0 aliphatic heterocycles. The van der Waals surface area contributed by atoms with E-state index in [9.17, 15) is 9.59 Å². The molecular formula is C12H9ClN2O2. The number of hydrogen-bond acceptors (Lipinski definition) is 2. The number of aromatic amines is 1. The summed E-state index contributed by atoms with van der Waals surface area (Å²) < 4.78 is 0. The molecule has 0 saturated carbocycles. The molecule has 1 heterocycles. The number of nitrogens with two attached hydrogens (primary N) is 1. The second kappa shape index (κ2) is 4.43. The highest BCUT2D eigenvalue weighted by atomic mass is 35.5. The van der Waals surface area contributed by atoms with E-state index in [1.54, 1.807) is 18.2 Å². The molecule has 0 fully saturated rings. The third kappa shape index (κ3) is 2.37. The van der Waals surface area contributed by atoms with Crippen LogP contribution >= 0.6 is 11.6 Å². The van der Waals surface area contributed by atoms with Crippen LogP contribution < -0.4 is 11.2 Å². The Morgan fingerprint density at radius 1 is 1.24 bits per heavy atom. The minimum absolute atomic E-state index is 0.116. The van der Waals surface area contributed by atoms with Crippen molar-refractivity contribution in [2.24, 2.45) is 5.73 Å². The predicted molar refractivity (Wildman–Crippen MR) is 66.0 cm³/mol. The van der Waals surface area contributed by atoms with E-state index in [-0.39, 0.29) is 11.0 Å². The van der Waals surface area contributed by atoms with Gasteiger partial charge < -0.3 is 10.7 Å². The Bertz CT molecular complexity index is 634. The van der Waals surface area contributed by atoms with Crippen LogP contribution in [-0.2, 0) is 0 Å². The Balaban J connectivity index is 2.57. The number of carbonyl (C=O) groups is 1. The summed E-state index contributed by atoms with van der Waals surface area (Å²) in [6.45, 7) is 0. The van der Waals surface area contributed by atoms with E-state index in [2.05, 4.69) is 4.98 Å². The number of amides is 1. The van der Waals surface area contributed by atoms with Crippen LogP contribution in [0.1, 0.15) is 10.4 Å². The van der Waals surface area contributed by atoms with Crippen molar-refractivity contribution in [2.45, 2.75) is 0 Å². The summed E-state index contributed by atoms with van der Waals surface area (Å²) in [5, 5.41) is 0.291. The van der Waals surface area contributed by atoms with Crippen molar-refractivity contribution in [1.29, 1.82) is 0 Å². The monoisotopic (exact) mass is 248 g/mol. The summed E-state index contributed by atoms with van der Waals surface area (Å²) in [4.78, 5) is 25.3. The van der Waals surface area contributed by atoms with E-state index in [0.29, 0.717) is 16.3 Å². The molecule has 0 atom stereocenters. The molecule has 0 bridgehead atoms. The quantitative estimate of drug-likeness (QED) is 0.850. The summed E-state index contributed by atoms with van der Waals surface area (Å²) in [5.74, 6) is -0.602. The number of rotatable bonds is 2. The van der Waals surface area contributed by atoms with E-state index >= 15 is 0 Å². The Labute approximate surface area is 102 Å². The molecule has 1 aromatic carbocycles. The summed E-state index contributed by atoms with van der Waals surface area (Å²) >= 11 is 5.84. The minimum atomic E-state index is -0.602. The molecule has 1 amide bonds. The van der Waals surface area contributed by atoms with Gasteiger partial charge in [-0.3, -0.25) is 9.59 Å². The standard InChI is InChI=1S/C12H9ClN2O2/c13-10-2-1-7(5-9(10)12(14)17)11-6-8(16)3-4-15-11/h1-6H,(H2,14,17)(H,15,16). The van der Waals surface area contributed by atoms with E-state index in [0.717, 1.165) is 0 Å². The number of halogens is 1. The van der Waals surface area contributed by atoms with Gasteiger partial charge in [-0.25, -0.2) is 0 Å². The maximum atomic E-state index is 11.2. The van der Waals surface area contributed by atoms with Crippen LogP contribution in [0.25, 0.3) is 11.3 Å². The zero-order valence-corrected chi connectivity index (χ0v) is 9.49. The van der Waals surface area contributed by atoms with E-state index in [1.165, 1.54) is 18.3 Å². The highest BCUT2D eigenvalue weighted by Gasteiger charge is 2.08. The number of carbonyl (C=O) groups excluding carboxylic acids is 1. The SMILES string of the molecule is NC(=O)c1cc(-c2cc(=O)cc[nH]2)ccc1Cl. The number of benzene rings is 1. The first-order valence-electron chi connectivity index (χ1n) is 4.86. The second-order valence-electron chi connectivity index (χ2n) is 3.50.